The lowest BCUT2D eigenvalue weighted by atomic mass is 10.0. The lowest BCUT2D eigenvalue weighted by molar-refractivity contribution is -0.124. The molecule has 2 aromatic rings. The molecule has 0 fully saturated rings. The zero-order valence-corrected chi connectivity index (χ0v) is 15.1. The van der Waals surface area contributed by atoms with Crippen LogP contribution in [0.25, 0.3) is 0 Å². The molecule has 1 amide bonds. The number of sulfonamides is 1. The summed E-state index contributed by atoms with van der Waals surface area (Å²) < 4.78 is 22.4. The minimum Gasteiger partial charge on any atom is -0.356 e. The maximum absolute atomic E-state index is 12.1. The number of rotatable bonds is 8. The highest BCUT2D eigenvalue weighted by molar-refractivity contribution is 7.89. The van der Waals surface area contributed by atoms with Crippen LogP contribution in [0.1, 0.15) is 24.5 Å². The fourth-order valence-corrected chi connectivity index (χ4v) is 3.10. The molecule has 6 heteroatoms. The van der Waals surface area contributed by atoms with Crippen molar-refractivity contribution in [2.75, 3.05) is 6.54 Å². The number of aryl methyl sites for hydroxylation is 1. The first-order valence-electron chi connectivity index (χ1n) is 8.29. The van der Waals surface area contributed by atoms with Gasteiger partial charge in [0.1, 0.15) is 0 Å². The van der Waals surface area contributed by atoms with E-state index in [4.69, 9.17) is 5.14 Å². The molecular weight excluding hydrogens is 336 g/mol. The Morgan fingerprint density at radius 1 is 1.04 bits per heavy atom. The number of hydrogen-bond donors (Lipinski definition) is 2. The van der Waals surface area contributed by atoms with Gasteiger partial charge in [0.25, 0.3) is 0 Å². The van der Waals surface area contributed by atoms with Crippen molar-refractivity contribution in [1.82, 2.24) is 5.32 Å². The van der Waals surface area contributed by atoms with E-state index in [2.05, 4.69) is 5.32 Å². The van der Waals surface area contributed by atoms with E-state index in [9.17, 15) is 13.2 Å². The van der Waals surface area contributed by atoms with Crippen molar-refractivity contribution < 1.29 is 13.2 Å². The molecule has 2 aromatic carbocycles. The molecule has 5 nitrogen and oxygen atoms in total. The third kappa shape index (κ3) is 6.32. The number of amides is 1. The molecule has 0 saturated carbocycles. The molecule has 25 heavy (non-hydrogen) atoms. The van der Waals surface area contributed by atoms with Crippen molar-refractivity contribution in [2.45, 2.75) is 31.1 Å². The van der Waals surface area contributed by atoms with Crippen LogP contribution in [-0.4, -0.2) is 20.9 Å². The molecule has 2 rings (SSSR count). The van der Waals surface area contributed by atoms with Crippen molar-refractivity contribution in [2.24, 2.45) is 11.1 Å². The average Bonchev–Trinajstić information content (AvgIpc) is 2.59. The molecule has 0 aliphatic carbocycles. The predicted octanol–water partition coefficient (Wildman–Crippen LogP) is 2.26. The van der Waals surface area contributed by atoms with Crippen molar-refractivity contribution in [3.05, 3.63) is 65.7 Å². The summed E-state index contributed by atoms with van der Waals surface area (Å²) in [4.78, 5) is 12.2. The van der Waals surface area contributed by atoms with Crippen molar-refractivity contribution in [3.63, 3.8) is 0 Å². The lowest BCUT2D eigenvalue weighted by Gasteiger charge is -2.12. The third-order valence-corrected chi connectivity index (χ3v) is 4.95. The standard InChI is InChI=1S/C19H24N2O3S/c1-15(14-17-6-3-2-4-7-17)19(22)21-13-5-8-16-9-11-18(12-10-16)25(20,23)24/h2-4,6-7,9-12,15H,5,8,13-14H2,1H3,(H,21,22)(H2,20,23,24). The van der Waals surface area contributed by atoms with E-state index in [0.29, 0.717) is 6.54 Å². The van der Waals surface area contributed by atoms with Crippen LogP contribution in [0.5, 0.6) is 0 Å². The van der Waals surface area contributed by atoms with Crippen LogP contribution < -0.4 is 10.5 Å². The van der Waals surface area contributed by atoms with Crippen LogP contribution in [-0.2, 0) is 27.7 Å². The summed E-state index contributed by atoms with van der Waals surface area (Å²) >= 11 is 0. The van der Waals surface area contributed by atoms with Crippen LogP contribution in [0.4, 0.5) is 0 Å². The predicted molar refractivity (Wildman–Crippen MR) is 98.5 cm³/mol. The van der Waals surface area contributed by atoms with E-state index in [-0.39, 0.29) is 16.7 Å². The minimum atomic E-state index is -3.65. The molecule has 1 atom stereocenters. The monoisotopic (exact) mass is 360 g/mol. The molecule has 3 N–H and O–H groups in total. The van der Waals surface area contributed by atoms with Crippen LogP contribution in [0.2, 0.25) is 0 Å². The summed E-state index contributed by atoms with van der Waals surface area (Å²) in [5.74, 6) is -0.0233. The number of carbonyl (C=O) groups excluding carboxylic acids is 1. The van der Waals surface area contributed by atoms with Crippen LogP contribution in [0.3, 0.4) is 0 Å². The average molecular weight is 360 g/mol. The molecule has 0 heterocycles. The smallest absolute Gasteiger partial charge is 0.238 e. The zero-order valence-electron chi connectivity index (χ0n) is 14.3. The number of nitrogens with two attached hydrogens (primary N) is 1. The first-order chi connectivity index (χ1) is 11.9. The Hall–Kier alpha value is -2.18. The van der Waals surface area contributed by atoms with E-state index >= 15 is 0 Å². The van der Waals surface area contributed by atoms with Gasteiger partial charge >= 0.3 is 0 Å². The molecule has 0 bridgehead atoms. The van der Waals surface area contributed by atoms with Gasteiger partial charge in [-0.1, -0.05) is 49.4 Å². The number of primary sulfonamides is 1. The Kier molecular flexibility index (Phi) is 6.73. The summed E-state index contributed by atoms with van der Waals surface area (Å²) in [5.41, 5.74) is 2.17. The maximum Gasteiger partial charge on any atom is 0.238 e. The van der Waals surface area contributed by atoms with Crippen LogP contribution >= 0.6 is 0 Å². The SMILES string of the molecule is CC(Cc1ccccc1)C(=O)NCCCc1ccc(S(N)(=O)=O)cc1. The Morgan fingerprint density at radius 2 is 1.68 bits per heavy atom. The van der Waals surface area contributed by atoms with Crippen molar-refractivity contribution in [3.8, 4) is 0 Å². The van der Waals surface area contributed by atoms with Gasteiger partial charge in [0.2, 0.25) is 15.9 Å². The molecule has 0 aliphatic rings. The summed E-state index contributed by atoms with van der Waals surface area (Å²) in [6.07, 6.45) is 2.28. The molecule has 0 aromatic heterocycles. The fourth-order valence-electron chi connectivity index (χ4n) is 2.58. The fraction of sp³-hybridized carbons (Fsp3) is 0.316. The van der Waals surface area contributed by atoms with Gasteiger partial charge < -0.3 is 5.32 Å². The maximum atomic E-state index is 12.1. The Labute approximate surface area is 149 Å². The number of hydrogen-bond acceptors (Lipinski definition) is 3. The second-order valence-electron chi connectivity index (χ2n) is 6.17. The van der Waals surface area contributed by atoms with Gasteiger partial charge in [0.15, 0.2) is 0 Å². The van der Waals surface area contributed by atoms with Gasteiger partial charge in [-0.05, 0) is 42.5 Å². The largest absolute Gasteiger partial charge is 0.356 e. The minimum absolute atomic E-state index is 0.0495. The van der Waals surface area contributed by atoms with Gasteiger partial charge in [-0.3, -0.25) is 4.79 Å². The van der Waals surface area contributed by atoms with Gasteiger partial charge in [-0.15, -0.1) is 0 Å². The van der Waals surface area contributed by atoms with E-state index in [1.807, 2.05) is 37.3 Å². The molecule has 0 aliphatic heterocycles. The molecule has 134 valence electrons. The van der Waals surface area contributed by atoms with Gasteiger partial charge in [0, 0.05) is 12.5 Å². The molecule has 0 radical (unpaired) electrons. The van der Waals surface area contributed by atoms with E-state index < -0.39 is 10.0 Å². The highest BCUT2D eigenvalue weighted by Gasteiger charge is 2.12. The van der Waals surface area contributed by atoms with Crippen LogP contribution in [0, 0.1) is 5.92 Å². The molecule has 0 spiro atoms. The quantitative estimate of drug-likeness (QED) is 0.708. The molecule has 1 unspecified atom stereocenters. The highest BCUT2D eigenvalue weighted by atomic mass is 32.2. The number of benzene rings is 2. The van der Waals surface area contributed by atoms with Crippen molar-refractivity contribution in [1.29, 1.82) is 0 Å². The van der Waals surface area contributed by atoms with E-state index in [1.165, 1.54) is 12.1 Å². The highest BCUT2D eigenvalue weighted by Crippen LogP contribution is 2.11. The summed E-state index contributed by atoms with van der Waals surface area (Å²) in [5, 5.41) is 8.02. The van der Waals surface area contributed by atoms with Crippen LogP contribution in [0.15, 0.2) is 59.5 Å². The summed E-state index contributed by atoms with van der Waals surface area (Å²) in [7, 11) is -3.65. The third-order valence-electron chi connectivity index (χ3n) is 4.03. The lowest BCUT2D eigenvalue weighted by Crippen LogP contribution is -2.31. The number of nitrogens with one attached hydrogen (secondary N) is 1. The summed E-state index contributed by atoms with van der Waals surface area (Å²) in [6.45, 7) is 2.52. The Morgan fingerprint density at radius 3 is 2.28 bits per heavy atom. The second-order valence-corrected chi connectivity index (χ2v) is 7.74. The summed E-state index contributed by atoms with van der Waals surface area (Å²) in [6, 6.07) is 16.5. The Bertz CT molecular complexity index is 787. The Balaban J connectivity index is 1.72. The second kappa shape index (κ2) is 8.78. The first kappa shape index (κ1) is 19.1. The number of carbonyl (C=O) groups is 1. The van der Waals surface area contributed by atoms with Gasteiger partial charge in [0.05, 0.1) is 4.90 Å². The van der Waals surface area contributed by atoms with Gasteiger partial charge in [-0.2, -0.15) is 0 Å². The van der Waals surface area contributed by atoms with E-state index in [1.54, 1.807) is 12.1 Å². The zero-order chi connectivity index (χ0) is 18.3. The van der Waals surface area contributed by atoms with Gasteiger partial charge in [-0.25, -0.2) is 13.6 Å². The molecular formula is C19H24N2O3S. The van der Waals surface area contributed by atoms with Crippen molar-refractivity contribution >= 4 is 15.9 Å². The molecule has 0 saturated heterocycles. The topological polar surface area (TPSA) is 89.3 Å². The normalized spacial score (nSPS) is 12.6. The first-order valence-corrected chi connectivity index (χ1v) is 9.84. The van der Waals surface area contributed by atoms with E-state index in [0.717, 1.165) is 30.4 Å².